The first-order chi connectivity index (χ1) is 9.40. The summed E-state index contributed by atoms with van der Waals surface area (Å²) in [5.41, 5.74) is 2.51. The molecule has 19 heavy (non-hydrogen) atoms. The van der Waals surface area contributed by atoms with Gasteiger partial charge < -0.3 is 4.57 Å². The Morgan fingerprint density at radius 2 is 1.89 bits per heavy atom. The van der Waals surface area contributed by atoms with E-state index in [9.17, 15) is 0 Å². The Balaban J connectivity index is 1.74. The zero-order valence-electron chi connectivity index (χ0n) is 11.9. The molecule has 3 rings (SSSR count). The summed E-state index contributed by atoms with van der Waals surface area (Å²) in [4.78, 5) is 4.85. The van der Waals surface area contributed by atoms with Crippen LogP contribution < -0.4 is 0 Å². The monoisotopic (exact) mass is 256 g/mol. The molecule has 1 saturated carbocycles. The van der Waals surface area contributed by atoms with E-state index >= 15 is 0 Å². The summed E-state index contributed by atoms with van der Waals surface area (Å²) >= 11 is 0. The first-order valence-electron chi connectivity index (χ1n) is 7.85. The van der Waals surface area contributed by atoms with Crippen LogP contribution in [0, 0.1) is 0 Å². The minimum absolute atomic E-state index is 0.739. The second-order valence-corrected chi connectivity index (χ2v) is 5.80. The van der Waals surface area contributed by atoms with Crippen LogP contribution in [0.25, 0.3) is 11.0 Å². The van der Waals surface area contributed by atoms with Crippen molar-refractivity contribution in [2.75, 3.05) is 0 Å². The van der Waals surface area contributed by atoms with Gasteiger partial charge in [0, 0.05) is 12.5 Å². The summed E-state index contributed by atoms with van der Waals surface area (Å²) in [6.45, 7) is 3.42. The molecule has 0 N–H and O–H groups in total. The Kier molecular flexibility index (Phi) is 3.86. The molecule has 0 atom stereocenters. The molecule has 0 radical (unpaired) electrons. The number of para-hydroxylation sites is 2. The van der Waals surface area contributed by atoms with Crippen LogP contribution in [0.3, 0.4) is 0 Å². The zero-order valence-corrected chi connectivity index (χ0v) is 11.9. The number of aromatic nitrogens is 2. The molecule has 0 bridgehead atoms. The van der Waals surface area contributed by atoms with E-state index in [0.29, 0.717) is 0 Å². The maximum absolute atomic E-state index is 4.85. The van der Waals surface area contributed by atoms with Gasteiger partial charge in [-0.2, -0.15) is 0 Å². The molecule has 1 aromatic heterocycles. The highest BCUT2D eigenvalue weighted by Gasteiger charge is 2.29. The van der Waals surface area contributed by atoms with Crippen molar-refractivity contribution in [2.45, 2.75) is 64.3 Å². The topological polar surface area (TPSA) is 17.8 Å². The number of rotatable bonds is 7. The van der Waals surface area contributed by atoms with Crippen molar-refractivity contribution in [2.24, 2.45) is 0 Å². The molecule has 1 fully saturated rings. The molecular formula is C17H24N2. The van der Waals surface area contributed by atoms with Gasteiger partial charge in [-0.05, 0) is 31.4 Å². The molecule has 102 valence electrons. The van der Waals surface area contributed by atoms with E-state index in [2.05, 4.69) is 35.8 Å². The number of benzene rings is 1. The quantitative estimate of drug-likeness (QED) is 0.645. The number of nitrogens with zero attached hydrogens (tertiary/aromatic N) is 2. The number of fused-ring (bicyclic) bond motifs is 1. The predicted octanol–water partition coefficient (Wildman–Crippen LogP) is 4.88. The van der Waals surface area contributed by atoms with Crippen LogP contribution in [0.5, 0.6) is 0 Å². The van der Waals surface area contributed by atoms with Crippen LogP contribution in [0.15, 0.2) is 24.3 Å². The Labute approximate surface area is 115 Å². The van der Waals surface area contributed by atoms with Gasteiger partial charge in [0.2, 0.25) is 0 Å². The van der Waals surface area contributed by atoms with Gasteiger partial charge in [-0.15, -0.1) is 0 Å². The van der Waals surface area contributed by atoms with E-state index < -0.39 is 0 Å². The first-order valence-corrected chi connectivity index (χ1v) is 7.85. The molecule has 2 aromatic rings. The highest BCUT2D eigenvalue weighted by atomic mass is 15.1. The minimum atomic E-state index is 0.739. The van der Waals surface area contributed by atoms with Gasteiger partial charge in [0.25, 0.3) is 0 Å². The Morgan fingerprint density at radius 1 is 1.11 bits per heavy atom. The van der Waals surface area contributed by atoms with Crippen molar-refractivity contribution in [3.05, 3.63) is 30.1 Å². The molecule has 0 saturated heterocycles. The van der Waals surface area contributed by atoms with Gasteiger partial charge in [0.15, 0.2) is 0 Å². The van der Waals surface area contributed by atoms with Gasteiger partial charge in [-0.3, -0.25) is 0 Å². The molecule has 0 aliphatic heterocycles. The molecule has 2 nitrogen and oxygen atoms in total. The van der Waals surface area contributed by atoms with Crippen molar-refractivity contribution in [3.8, 4) is 0 Å². The number of aryl methyl sites for hydroxylation is 1. The third-order valence-electron chi connectivity index (χ3n) is 4.11. The lowest BCUT2D eigenvalue weighted by molar-refractivity contribution is 0.562. The van der Waals surface area contributed by atoms with Gasteiger partial charge >= 0.3 is 0 Å². The zero-order chi connectivity index (χ0) is 13.1. The largest absolute Gasteiger partial charge is 0.328 e. The van der Waals surface area contributed by atoms with Crippen LogP contribution >= 0.6 is 0 Å². The lowest BCUT2D eigenvalue weighted by atomic mass is 10.1. The molecule has 1 heterocycles. The predicted molar refractivity (Wildman–Crippen MR) is 80.5 cm³/mol. The van der Waals surface area contributed by atoms with Crippen LogP contribution in [0.4, 0.5) is 0 Å². The smallest absolute Gasteiger partial charge is 0.112 e. The van der Waals surface area contributed by atoms with Crippen molar-refractivity contribution in [1.29, 1.82) is 0 Å². The van der Waals surface area contributed by atoms with Gasteiger partial charge in [0.05, 0.1) is 11.0 Å². The standard InChI is InChI=1S/C17H24N2/c1-2-3-4-5-8-13-19-16-10-7-6-9-15(16)18-17(19)14-11-12-14/h6-7,9-10,14H,2-5,8,11-13H2,1H3. The molecule has 1 aromatic carbocycles. The van der Waals surface area contributed by atoms with E-state index in [1.807, 2.05) is 0 Å². The van der Waals surface area contributed by atoms with Crippen LogP contribution in [0.1, 0.15) is 63.6 Å². The molecule has 1 aliphatic carbocycles. The van der Waals surface area contributed by atoms with Crippen molar-refractivity contribution in [3.63, 3.8) is 0 Å². The lowest BCUT2D eigenvalue weighted by Gasteiger charge is -2.08. The summed E-state index contributed by atoms with van der Waals surface area (Å²) in [7, 11) is 0. The first kappa shape index (κ1) is 12.7. The highest BCUT2D eigenvalue weighted by Crippen LogP contribution is 2.40. The second-order valence-electron chi connectivity index (χ2n) is 5.80. The minimum Gasteiger partial charge on any atom is -0.328 e. The summed E-state index contributed by atoms with van der Waals surface area (Å²) < 4.78 is 2.49. The molecule has 0 spiro atoms. The number of imidazole rings is 1. The van der Waals surface area contributed by atoms with Crippen molar-refractivity contribution < 1.29 is 0 Å². The summed E-state index contributed by atoms with van der Waals surface area (Å²) in [6, 6.07) is 8.60. The number of hydrogen-bond donors (Lipinski definition) is 0. The van der Waals surface area contributed by atoms with E-state index in [1.165, 1.54) is 61.8 Å². The van der Waals surface area contributed by atoms with Crippen molar-refractivity contribution >= 4 is 11.0 Å². The summed E-state index contributed by atoms with van der Waals surface area (Å²) in [6.07, 6.45) is 9.38. The maximum atomic E-state index is 4.85. The Bertz CT molecular complexity index is 537. The third kappa shape index (κ3) is 2.83. The van der Waals surface area contributed by atoms with E-state index in [-0.39, 0.29) is 0 Å². The van der Waals surface area contributed by atoms with Gasteiger partial charge in [-0.1, -0.05) is 44.7 Å². The lowest BCUT2D eigenvalue weighted by Crippen LogP contribution is -2.03. The average molecular weight is 256 g/mol. The summed E-state index contributed by atoms with van der Waals surface area (Å²) in [5, 5.41) is 0. The summed E-state index contributed by atoms with van der Waals surface area (Å²) in [5.74, 6) is 2.08. The van der Waals surface area contributed by atoms with Gasteiger partial charge in [0.1, 0.15) is 5.82 Å². The Morgan fingerprint density at radius 3 is 2.68 bits per heavy atom. The van der Waals surface area contributed by atoms with Crippen LogP contribution in [0.2, 0.25) is 0 Å². The molecule has 0 unspecified atom stereocenters. The maximum Gasteiger partial charge on any atom is 0.112 e. The molecule has 2 heteroatoms. The van der Waals surface area contributed by atoms with Crippen LogP contribution in [-0.4, -0.2) is 9.55 Å². The fourth-order valence-corrected chi connectivity index (χ4v) is 2.86. The van der Waals surface area contributed by atoms with E-state index in [0.717, 1.165) is 12.5 Å². The molecule has 1 aliphatic rings. The fourth-order valence-electron chi connectivity index (χ4n) is 2.86. The molecule has 0 amide bonds. The van der Waals surface area contributed by atoms with Crippen molar-refractivity contribution in [1.82, 2.24) is 9.55 Å². The number of hydrogen-bond acceptors (Lipinski definition) is 1. The third-order valence-corrected chi connectivity index (χ3v) is 4.11. The normalized spacial score (nSPS) is 15.2. The Hall–Kier alpha value is -1.31. The van der Waals surface area contributed by atoms with E-state index in [1.54, 1.807) is 0 Å². The SMILES string of the molecule is CCCCCCCn1c(C2CC2)nc2ccccc21. The van der Waals surface area contributed by atoms with Crippen LogP contribution in [-0.2, 0) is 6.54 Å². The van der Waals surface area contributed by atoms with E-state index in [4.69, 9.17) is 4.98 Å². The fraction of sp³-hybridized carbons (Fsp3) is 0.588. The average Bonchev–Trinajstić information content (AvgIpc) is 3.21. The number of unbranched alkanes of at least 4 members (excludes halogenated alkanes) is 4. The highest BCUT2D eigenvalue weighted by molar-refractivity contribution is 5.76. The molecular weight excluding hydrogens is 232 g/mol. The second kappa shape index (κ2) is 5.77. The van der Waals surface area contributed by atoms with Gasteiger partial charge in [-0.25, -0.2) is 4.98 Å².